The van der Waals surface area contributed by atoms with E-state index in [-0.39, 0.29) is 6.10 Å². The maximum atomic E-state index is 9.80. The number of aliphatic hydroxyl groups is 1. The van der Waals surface area contributed by atoms with Crippen LogP contribution in [0.4, 0.5) is 5.82 Å². The zero-order chi connectivity index (χ0) is 11.5. The molecule has 2 rings (SSSR count). The number of likely N-dealkylation sites (tertiary alicyclic amines) is 1. The number of anilines is 1. The van der Waals surface area contributed by atoms with Gasteiger partial charge >= 0.3 is 0 Å². The van der Waals surface area contributed by atoms with Crippen molar-refractivity contribution in [3.8, 4) is 0 Å². The van der Waals surface area contributed by atoms with Gasteiger partial charge in [0.05, 0.1) is 6.10 Å². The molecular weight excluding hydrogens is 202 g/mol. The number of aromatic nitrogens is 1. The first kappa shape index (κ1) is 11.4. The molecule has 1 aromatic heterocycles. The molecule has 0 spiro atoms. The summed E-state index contributed by atoms with van der Waals surface area (Å²) in [4.78, 5) is 6.23. The quantitative estimate of drug-likeness (QED) is 0.777. The Morgan fingerprint density at radius 1 is 1.62 bits per heavy atom. The third-order valence-corrected chi connectivity index (χ3v) is 3.25. The molecule has 2 unspecified atom stereocenters. The minimum absolute atomic E-state index is 0.201. The Balaban J connectivity index is 1.95. The molecule has 4 heteroatoms. The molecule has 88 valence electrons. The number of aliphatic hydroxyl groups excluding tert-OH is 1. The maximum absolute atomic E-state index is 9.80. The normalized spacial score (nSPS) is 26.9. The van der Waals surface area contributed by atoms with Gasteiger partial charge in [-0.1, -0.05) is 6.92 Å². The highest BCUT2D eigenvalue weighted by atomic mass is 16.3. The average molecular weight is 221 g/mol. The first-order chi connectivity index (χ1) is 7.65. The van der Waals surface area contributed by atoms with Crippen molar-refractivity contribution in [2.24, 2.45) is 5.92 Å². The number of nitrogens with zero attached hydrogens (tertiary/aromatic N) is 2. The van der Waals surface area contributed by atoms with Crippen molar-refractivity contribution in [2.75, 3.05) is 18.8 Å². The molecule has 0 bridgehead atoms. The number of nitrogen functional groups attached to an aromatic ring is 1. The number of hydrogen-bond acceptors (Lipinski definition) is 4. The number of piperidine rings is 1. The fourth-order valence-corrected chi connectivity index (χ4v) is 2.11. The van der Waals surface area contributed by atoms with Gasteiger partial charge in [0.2, 0.25) is 0 Å². The van der Waals surface area contributed by atoms with Crippen LogP contribution in [0.25, 0.3) is 0 Å². The van der Waals surface area contributed by atoms with Crippen molar-refractivity contribution >= 4 is 5.82 Å². The lowest BCUT2D eigenvalue weighted by atomic mass is 9.96. The molecule has 0 aliphatic carbocycles. The van der Waals surface area contributed by atoms with Crippen LogP contribution in [0.1, 0.15) is 18.9 Å². The van der Waals surface area contributed by atoms with Crippen molar-refractivity contribution in [3.63, 3.8) is 0 Å². The first-order valence-corrected chi connectivity index (χ1v) is 5.76. The lowest BCUT2D eigenvalue weighted by Crippen LogP contribution is -2.42. The zero-order valence-electron chi connectivity index (χ0n) is 9.63. The largest absolute Gasteiger partial charge is 0.392 e. The Labute approximate surface area is 96.1 Å². The molecule has 4 nitrogen and oxygen atoms in total. The summed E-state index contributed by atoms with van der Waals surface area (Å²) in [5.41, 5.74) is 6.80. The molecule has 1 aromatic rings. The predicted molar refractivity (Wildman–Crippen MR) is 63.7 cm³/mol. The SMILES string of the molecule is CC1CCN(Cc2ccnc(N)c2)CC1O. The van der Waals surface area contributed by atoms with E-state index in [1.807, 2.05) is 12.1 Å². The summed E-state index contributed by atoms with van der Waals surface area (Å²) in [5, 5.41) is 9.80. The summed E-state index contributed by atoms with van der Waals surface area (Å²) in [5.74, 6) is 0.974. The van der Waals surface area contributed by atoms with Crippen LogP contribution >= 0.6 is 0 Å². The van der Waals surface area contributed by atoms with Crippen LogP contribution in [-0.2, 0) is 6.54 Å². The summed E-state index contributed by atoms with van der Waals surface area (Å²) in [6.45, 7) is 4.74. The van der Waals surface area contributed by atoms with E-state index in [1.165, 1.54) is 0 Å². The highest BCUT2D eigenvalue weighted by molar-refractivity contribution is 5.31. The van der Waals surface area contributed by atoms with E-state index < -0.39 is 0 Å². The van der Waals surface area contributed by atoms with E-state index in [4.69, 9.17) is 5.73 Å². The summed E-state index contributed by atoms with van der Waals surface area (Å²) in [6, 6.07) is 3.87. The second-order valence-electron chi connectivity index (χ2n) is 4.66. The molecule has 1 aliphatic rings. The van der Waals surface area contributed by atoms with Crippen LogP contribution < -0.4 is 5.73 Å². The molecular formula is C12H19N3O. The molecule has 1 aliphatic heterocycles. The van der Waals surface area contributed by atoms with Crippen LogP contribution in [0.3, 0.4) is 0 Å². The van der Waals surface area contributed by atoms with E-state index in [9.17, 15) is 5.11 Å². The van der Waals surface area contributed by atoms with Crippen LogP contribution in [0.15, 0.2) is 18.3 Å². The molecule has 1 saturated heterocycles. The highest BCUT2D eigenvalue weighted by Crippen LogP contribution is 2.19. The monoisotopic (exact) mass is 221 g/mol. The van der Waals surface area contributed by atoms with Crippen molar-refractivity contribution < 1.29 is 5.11 Å². The van der Waals surface area contributed by atoms with E-state index in [1.54, 1.807) is 6.20 Å². The second-order valence-corrected chi connectivity index (χ2v) is 4.66. The van der Waals surface area contributed by atoms with Crippen molar-refractivity contribution in [3.05, 3.63) is 23.9 Å². The Bertz CT molecular complexity index is 356. The average Bonchev–Trinajstić information content (AvgIpc) is 2.24. The maximum Gasteiger partial charge on any atom is 0.123 e. The van der Waals surface area contributed by atoms with Gasteiger partial charge in [0.15, 0.2) is 0 Å². The third-order valence-electron chi connectivity index (χ3n) is 3.25. The summed E-state index contributed by atoms with van der Waals surface area (Å²) < 4.78 is 0. The van der Waals surface area contributed by atoms with E-state index >= 15 is 0 Å². The minimum Gasteiger partial charge on any atom is -0.392 e. The Hall–Kier alpha value is -1.13. The topological polar surface area (TPSA) is 62.4 Å². The van der Waals surface area contributed by atoms with E-state index in [0.29, 0.717) is 11.7 Å². The standard InChI is InChI=1S/C12H19N3O/c1-9-3-5-15(8-11(9)16)7-10-2-4-14-12(13)6-10/h2,4,6,9,11,16H,3,5,7-8H2,1H3,(H2,13,14). The highest BCUT2D eigenvalue weighted by Gasteiger charge is 2.23. The molecule has 16 heavy (non-hydrogen) atoms. The van der Waals surface area contributed by atoms with E-state index in [0.717, 1.165) is 31.6 Å². The van der Waals surface area contributed by atoms with Gasteiger partial charge in [0.1, 0.15) is 5.82 Å². The number of pyridine rings is 1. The second kappa shape index (κ2) is 4.80. The van der Waals surface area contributed by atoms with Gasteiger partial charge < -0.3 is 10.8 Å². The van der Waals surface area contributed by atoms with Gasteiger partial charge in [-0.3, -0.25) is 4.90 Å². The Kier molecular flexibility index (Phi) is 3.41. The fraction of sp³-hybridized carbons (Fsp3) is 0.583. The van der Waals surface area contributed by atoms with Gasteiger partial charge in [-0.2, -0.15) is 0 Å². The Morgan fingerprint density at radius 2 is 2.44 bits per heavy atom. The van der Waals surface area contributed by atoms with Crippen LogP contribution in [0, 0.1) is 5.92 Å². The van der Waals surface area contributed by atoms with E-state index in [2.05, 4.69) is 16.8 Å². The molecule has 3 N–H and O–H groups in total. The Morgan fingerprint density at radius 3 is 3.12 bits per heavy atom. The van der Waals surface area contributed by atoms with Crippen LogP contribution in [0.5, 0.6) is 0 Å². The third kappa shape index (κ3) is 2.71. The summed E-state index contributed by atoms with van der Waals surface area (Å²) >= 11 is 0. The molecule has 2 atom stereocenters. The summed E-state index contributed by atoms with van der Waals surface area (Å²) in [7, 11) is 0. The minimum atomic E-state index is -0.201. The van der Waals surface area contributed by atoms with Gasteiger partial charge in [-0.25, -0.2) is 4.98 Å². The number of hydrogen-bond donors (Lipinski definition) is 2. The number of β-amino-alcohol motifs (C(OH)–C–C–N with tert-alkyl or cyclic N) is 1. The summed E-state index contributed by atoms with van der Waals surface area (Å²) in [6.07, 6.45) is 2.59. The van der Waals surface area contributed by atoms with Gasteiger partial charge in [0.25, 0.3) is 0 Å². The molecule has 0 radical (unpaired) electrons. The van der Waals surface area contributed by atoms with Crippen molar-refractivity contribution in [1.29, 1.82) is 0 Å². The number of rotatable bonds is 2. The molecule has 0 aromatic carbocycles. The van der Waals surface area contributed by atoms with Crippen LogP contribution in [-0.4, -0.2) is 34.2 Å². The molecule has 1 fully saturated rings. The first-order valence-electron chi connectivity index (χ1n) is 5.76. The fourth-order valence-electron chi connectivity index (χ4n) is 2.11. The van der Waals surface area contributed by atoms with Gasteiger partial charge in [0, 0.05) is 19.3 Å². The molecule has 0 saturated carbocycles. The predicted octanol–water partition coefficient (Wildman–Crippen LogP) is 0.867. The lowest BCUT2D eigenvalue weighted by Gasteiger charge is -2.34. The number of nitrogens with two attached hydrogens (primary N) is 1. The zero-order valence-corrected chi connectivity index (χ0v) is 9.63. The van der Waals surface area contributed by atoms with Gasteiger partial charge in [-0.15, -0.1) is 0 Å². The van der Waals surface area contributed by atoms with Crippen LogP contribution in [0.2, 0.25) is 0 Å². The lowest BCUT2D eigenvalue weighted by molar-refractivity contribution is 0.0259. The smallest absolute Gasteiger partial charge is 0.123 e. The van der Waals surface area contributed by atoms with Gasteiger partial charge in [-0.05, 0) is 36.6 Å². The van der Waals surface area contributed by atoms with Crippen molar-refractivity contribution in [1.82, 2.24) is 9.88 Å². The molecule has 2 heterocycles. The molecule has 0 amide bonds. The van der Waals surface area contributed by atoms with Crippen molar-refractivity contribution in [2.45, 2.75) is 26.0 Å².